The highest BCUT2D eigenvalue weighted by Crippen LogP contribution is 2.38. The van der Waals surface area contributed by atoms with Crippen LogP contribution in [0.5, 0.6) is 0 Å². The normalized spacial score (nSPS) is 39.4. The molecule has 18 heavy (non-hydrogen) atoms. The molecule has 2 heterocycles. The van der Waals surface area contributed by atoms with Gasteiger partial charge in [-0.2, -0.15) is 0 Å². The Labute approximate surface area is 105 Å². The summed E-state index contributed by atoms with van der Waals surface area (Å²) in [5, 5.41) is 19.8. The van der Waals surface area contributed by atoms with Crippen LogP contribution in [0.1, 0.15) is 20.8 Å². The molecule has 0 aromatic heterocycles. The maximum absolute atomic E-state index is 10.6. The first kappa shape index (κ1) is 13.7. The molecular weight excluding hydrogens is 244 g/mol. The number of aliphatic hydroxyl groups excluding tert-OH is 2. The minimum absolute atomic E-state index is 0.236. The Morgan fingerprint density at radius 3 is 2.67 bits per heavy atom. The Morgan fingerprint density at radius 2 is 2.11 bits per heavy atom. The van der Waals surface area contributed by atoms with E-state index in [1.807, 2.05) is 0 Å². The van der Waals surface area contributed by atoms with Crippen molar-refractivity contribution in [3.8, 4) is 0 Å². The van der Waals surface area contributed by atoms with Crippen LogP contribution in [0.15, 0.2) is 0 Å². The molecule has 2 N–H and O–H groups in total. The number of aliphatic hydroxyl groups is 2. The lowest BCUT2D eigenvalue weighted by molar-refractivity contribution is -0.228. The maximum atomic E-state index is 10.6. The van der Waals surface area contributed by atoms with Crippen LogP contribution in [-0.2, 0) is 23.7 Å². The minimum Gasteiger partial charge on any atom is -0.463 e. The number of hydrogen-bond donors (Lipinski definition) is 2. The topological polar surface area (TPSA) is 94.5 Å². The molecule has 0 spiro atoms. The molecule has 0 amide bonds. The molecule has 0 radical (unpaired) electrons. The molecule has 2 rings (SSSR count). The molecule has 0 aliphatic carbocycles. The second-order valence-corrected chi connectivity index (χ2v) is 4.93. The lowest BCUT2D eigenvalue weighted by Gasteiger charge is -2.25. The van der Waals surface area contributed by atoms with E-state index < -0.39 is 42.5 Å². The number of carbonyl (C=O) groups excluding carboxylic acids is 1. The van der Waals surface area contributed by atoms with Crippen LogP contribution in [0.3, 0.4) is 0 Å². The highest BCUT2D eigenvalue weighted by atomic mass is 16.8. The van der Waals surface area contributed by atoms with E-state index in [4.69, 9.17) is 14.2 Å². The largest absolute Gasteiger partial charge is 0.463 e. The first-order valence-corrected chi connectivity index (χ1v) is 5.81. The number of hydrogen-bond acceptors (Lipinski definition) is 7. The lowest BCUT2D eigenvalue weighted by atomic mass is 10.1. The zero-order valence-electron chi connectivity index (χ0n) is 10.5. The van der Waals surface area contributed by atoms with Crippen molar-refractivity contribution in [2.24, 2.45) is 0 Å². The summed E-state index contributed by atoms with van der Waals surface area (Å²) < 4.78 is 21.0. The Balaban J connectivity index is 1.92. The van der Waals surface area contributed by atoms with Crippen molar-refractivity contribution in [2.75, 3.05) is 6.61 Å². The number of esters is 1. The summed E-state index contributed by atoms with van der Waals surface area (Å²) in [5.41, 5.74) is 0. The Hall–Kier alpha value is -0.730. The van der Waals surface area contributed by atoms with Crippen LogP contribution in [0.4, 0.5) is 0 Å². The average Bonchev–Trinajstić information content (AvgIpc) is 2.70. The fourth-order valence-electron chi connectivity index (χ4n) is 2.13. The molecule has 0 unspecified atom stereocenters. The molecule has 2 aliphatic heterocycles. The van der Waals surface area contributed by atoms with Crippen molar-refractivity contribution < 1.29 is 34.0 Å². The van der Waals surface area contributed by atoms with E-state index in [1.165, 1.54) is 6.92 Å². The van der Waals surface area contributed by atoms with Gasteiger partial charge in [0.2, 0.25) is 0 Å². The summed E-state index contributed by atoms with van der Waals surface area (Å²) in [7, 11) is 0. The summed E-state index contributed by atoms with van der Waals surface area (Å²) >= 11 is 0. The maximum Gasteiger partial charge on any atom is 0.302 e. The molecule has 104 valence electrons. The smallest absolute Gasteiger partial charge is 0.302 e. The van der Waals surface area contributed by atoms with Crippen LogP contribution < -0.4 is 0 Å². The van der Waals surface area contributed by atoms with E-state index in [0.717, 1.165) is 0 Å². The molecule has 7 heteroatoms. The third kappa shape index (κ3) is 2.65. The van der Waals surface area contributed by atoms with Gasteiger partial charge in [-0.25, -0.2) is 0 Å². The van der Waals surface area contributed by atoms with Crippen molar-refractivity contribution in [2.45, 2.75) is 57.3 Å². The van der Waals surface area contributed by atoms with E-state index in [9.17, 15) is 15.0 Å². The number of carbonyl (C=O) groups is 1. The highest BCUT2D eigenvalue weighted by molar-refractivity contribution is 5.65. The van der Waals surface area contributed by atoms with Crippen molar-refractivity contribution in [3.63, 3.8) is 0 Å². The summed E-state index contributed by atoms with van der Waals surface area (Å²) in [6, 6.07) is 0. The third-order valence-corrected chi connectivity index (χ3v) is 2.89. The van der Waals surface area contributed by atoms with Crippen LogP contribution in [-0.4, -0.2) is 59.3 Å². The Kier molecular flexibility index (Phi) is 3.61. The molecule has 7 nitrogen and oxygen atoms in total. The van der Waals surface area contributed by atoms with Gasteiger partial charge in [0.1, 0.15) is 31.0 Å². The zero-order valence-corrected chi connectivity index (χ0v) is 10.5. The standard InChI is InChI=1S/C11H18O7/c1-5(12)15-4-6(13)8-7(14)9-10(16-8)18-11(2,3)17-9/h6-10,13-14H,4H2,1-3H3/t6-,7+,8-,9-,10-/m1/s1. The van der Waals surface area contributed by atoms with Gasteiger partial charge in [0.15, 0.2) is 12.1 Å². The molecule has 2 aliphatic rings. The first-order valence-electron chi connectivity index (χ1n) is 5.81. The van der Waals surface area contributed by atoms with Crippen molar-refractivity contribution in [1.29, 1.82) is 0 Å². The number of ether oxygens (including phenoxy) is 4. The fraction of sp³-hybridized carbons (Fsp3) is 0.909. The van der Waals surface area contributed by atoms with Gasteiger partial charge in [-0.05, 0) is 13.8 Å². The molecule has 0 aromatic carbocycles. The van der Waals surface area contributed by atoms with Crippen molar-refractivity contribution in [3.05, 3.63) is 0 Å². The molecule has 0 saturated carbocycles. The lowest BCUT2D eigenvalue weighted by Crippen LogP contribution is -2.43. The summed E-state index contributed by atoms with van der Waals surface area (Å²) in [6.07, 6.45) is -4.40. The van der Waals surface area contributed by atoms with Gasteiger partial charge < -0.3 is 29.2 Å². The Morgan fingerprint density at radius 1 is 1.44 bits per heavy atom. The minimum atomic E-state index is -1.12. The van der Waals surface area contributed by atoms with Gasteiger partial charge in [0.05, 0.1) is 0 Å². The summed E-state index contributed by atoms with van der Waals surface area (Å²) in [4.78, 5) is 10.6. The van der Waals surface area contributed by atoms with E-state index in [2.05, 4.69) is 4.74 Å². The fourth-order valence-corrected chi connectivity index (χ4v) is 2.13. The second kappa shape index (κ2) is 4.75. The molecular formula is C11H18O7. The van der Waals surface area contributed by atoms with Gasteiger partial charge in [0, 0.05) is 6.92 Å². The molecule has 5 atom stereocenters. The second-order valence-electron chi connectivity index (χ2n) is 4.93. The zero-order chi connectivity index (χ0) is 13.5. The molecule has 2 fully saturated rings. The molecule has 2 saturated heterocycles. The molecule has 0 aromatic rings. The predicted molar refractivity (Wildman–Crippen MR) is 57.3 cm³/mol. The monoisotopic (exact) mass is 262 g/mol. The third-order valence-electron chi connectivity index (χ3n) is 2.89. The van der Waals surface area contributed by atoms with Gasteiger partial charge in [0.25, 0.3) is 0 Å². The predicted octanol–water partition coefficient (Wildman–Crippen LogP) is -0.852. The van der Waals surface area contributed by atoms with E-state index >= 15 is 0 Å². The average molecular weight is 262 g/mol. The van der Waals surface area contributed by atoms with Gasteiger partial charge in [-0.15, -0.1) is 0 Å². The van der Waals surface area contributed by atoms with Gasteiger partial charge >= 0.3 is 5.97 Å². The van der Waals surface area contributed by atoms with E-state index in [0.29, 0.717) is 0 Å². The quantitative estimate of drug-likeness (QED) is 0.639. The highest BCUT2D eigenvalue weighted by Gasteiger charge is 2.55. The van der Waals surface area contributed by atoms with Gasteiger partial charge in [-0.3, -0.25) is 4.79 Å². The van der Waals surface area contributed by atoms with Crippen LogP contribution in [0, 0.1) is 0 Å². The van der Waals surface area contributed by atoms with E-state index in [-0.39, 0.29) is 6.61 Å². The summed E-state index contributed by atoms with van der Waals surface area (Å²) in [5.74, 6) is -1.32. The van der Waals surface area contributed by atoms with E-state index in [1.54, 1.807) is 13.8 Å². The van der Waals surface area contributed by atoms with Crippen LogP contribution >= 0.6 is 0 Å². The Bertz CT molecular complexity index is 329. The van der Waals surface area contributed by atoms with Crippen LogP contribution in [0.25, 0.3) is 0 Å². The van der Waals surface area contributed by atoms with Gasteiger partial charge in [-0.1, -0.05) is 0 Å². The first-order chi connectivity index (χ1) is 8.30. The van der Waals surface area contributed by atoms with Crippen molar-refractivity contribution in [1.82, 2.24) is 0 Å². The number of fused-ring (bicyclic) bond motifs is 1. The van der Waals surface area contributed by atoms with Crippen molar-refractivity contribution >= 4 is 5.97 Å². The summed E-state index contributed by atoms with van der Waals surface area (Å²) in [6.45, 7) is 4.43. The molecule has 0 bridgehead atoms. The van der Waals surface area contributed by atoms with Crippen LogP contribution in [0.2, 0.25) is 0 Å². The number of rotatable bonds is 3. The SMILES string of the molecule is CC(=O)OC[C@@H](O)[C@H]1O[C@@H]2OC(C)(C)O[C@@H]2[C@H]1O.